The van der Waals surface area contributed by atoms with Crippen molar-refractivity contribution in [2.24, 2.45) is 4.99 Å². The van der Waals surface area contributed by atoms with Crippen molar-refractivity contribution in [1.29, 1.82) is 0 Å². The van der Waals surface area contributed by atoms with Gasteiger partial charge in [0.05, 0.1) is 12.4 Å². The van der Waals surface area contributed by atoms with E-state index in [1.807, 2.05) is 30.3 Å². The Morgan fingerprint density at radius 1 is 1.47 bits per heavy atom. The topological polar surface area (TPSA) is 50.7 Å². The maximum Gasteiger partial charge on any atom is 0.236 e. The largest absolute Gasteiger partial charge is 0.382 e. The van der Waals surface area contributed by atoms with E-state index in [0.717, 1.165) is 5.56 Å². The average Bonchev–Trinajstić information content (AvgIpc) is 2.75. The van der Waals surface area contributed by atoms with E-state index in [4.69, 9.17) is 4.74 Å². The van der Waals surface area contributed by atoms with Crippen LogP contribution in [0.25, 0.3) is 0 Å². The van der Waals surface area contributed by atoms with Gasteiger partial charge < -0.3 is 10.1 Å². The van der Waals surface area contributed by atoms with Gasteiger partial charge in [0.15, 0.2) is 5.17 Å². The maximum absolute atomic E-state index is 11.1. The number of nitrogens with one attached hydrogen (secondary N) is 1. The van der Waals surface area contributed by atoms with Crippen LogP contribution in [0.5, 0.6) is 0 Å². The molecule has 4 nitrogen and oxygen atoms in total. The molecule has 0 saturated carbocycles. The molecule has 1 fully saturated rings. The number of carbonyl (C=O) groups excluding carboxylic acids is 1. The molecule has 0 radical (unpaired) electrons. The summed E-state index contributed by atoms with van der Waals surface area (Å²) in [6, 6.07) is 9.86. The highest BCUT2D eigenvalue weighted by Crippen LogP contribution is 2.20. The molecule has 2 rings (SSSR count). The van der Waals surface area contributed by atoms with Crippen LogP contribution in [-0.2, 0) is 9.53 Å². The minimum atomic E-state index is -0.0675. The number of aliphatic imine (C=N–C) groups is 1. The molecule has 0 spiro atoms. The molecule has 0 aliphatic carbocycles. The Balaban J connectivity index is 2.15. The van der Waals surface area contributed by atoms with Crippen LogP contribution in [0.2, 0.25) is 0 Å². The van der Waals surface area contributed by atoms with Crippen molar-refractivity contribution in [3.8, 4) is 0 Å². The SMILES string of the molecule is COC[C@H](N=C1NC(=O)CS1)c1ccccc1. The third-order valence-corrected chi connectivity index (χ3v) is 3.26. The fraction of sp³-hybridized carbons (Fsp3) is 0.333. The van der Waals surface area contributed by atoms with E-state index in [0.29, 0.717) is 17.5 Å². The molecule has 1 aliphatic heterocycles. The molecule has 90 valence electrons. The zero-order valence-electron chi connectivity index (χ0n) is 9.55. The third-order valence-electron chi connectivity index (χ3n) is 2.37. The second kappa shape index (κ2) is 5.84. The second-order valence-electron chi connectivity index (χ2n) is 3.65. The van der Waals surface area contributed by atoms with Crippen molar-refractivity contribution in [1.82, 2.24) is 5.32 Å². The first kappa shape index (κ1) is 12.1. The van der Waals surface area contributed by atoms with Gasteiger partial charge in [0.25, 0.3) is 0 Å². The molecule has 0 aromatic heterocycles. The van der Waals surface area contributed by atoms with Crippen molar-refractivity contribution >= 4 is 22.8 Å². The fourth-order valence-electron chi connectivity index (χ4n) is 1.58. The highest BCUT2D eigenvalue weighted by Gasteiger charge is 2.19. The summed E-state index contributed by atoms with van der Waals surface area (Å²) >= 11 is 1.43. The monoisotopic (exact) mass is 250 g/mol. The normalized spacial score (nSPS) is 19.4. The minimum Gasteiger partial charge on any atom is -0.382 e. The van der Waals surface area contributed by atoms with Crippen LogP contribution in [0, 0.1) is 0 Å². The summed E-state index contributed by atoms with van der Waals surface area (Å²) in [4.78, 5) is 15.6. The Morgan fingerprint density at radius 3 is 2.82 bits per heavy atom. The lowest BCUT2D eigenvalue weighted by atomic mass is 10.1. The molecule has 1 amide bonds. The van der Waals surface area contributed by atoms with Crippen molar-refractivity contribution < 1.29 is 9.53 Å². The number of hydrogen-bond acceptors (Lipinski definition) is 4. The molecule has 1 aliphatic rings. The number of carbonyl (C=O) groups is 1. The molecule has 5 heteroatoms. The zero-order chi connectivity index (χ0) is 12.1. The van der Waals surface area contributed by atoms with Gasteiger partial charge in [-0.05, 0) is 5.56 Å². The molecule has 1 saturated heterocycles. The maximum atomic E-state index is 11.1. The number of benzene rings is 1. The van der Waals surface area contributed by atoms with Crippen LogP contribution in [0.3, 0.4) is 0 Å². The van der Waals surface area contributed by atoms with E-state index in [-0.39, 0.29) is 11.9 Å². The number of nitrogens with zero attached hydrogens (tertiary/aromatic N) is 1. The summed E-state index contributed by atoms with van der Waals surface area (Å²) in [5.74, 6) is 0.464. The number of rotatable bonds is 4. The highest BCUT2D eigenvalue weighted by molar-refractivity contribution is 8.15. The van der Waals surface area contributed by atoms with Crippen LogP contribution in [0.1, 0.15) is 11.6 Å². The van der Waals surface area contributed by atoms with Crippen LogP contribution < -0.4 is 5.32 Å². The lowest BCUT2D eigenvalue weighted by molar-refractivity contribution is -0.116. The van der Waals surface area contributed by atoms with Gasteiger partial charge in [-0.15, -0.1) is 0 Å². The van der Waals surface area contributed by atoms with E-state index in [1.165, 1.54) is 11.8 Å². The summed E-state index contributed by atoms with van der Waals surface area (Å²) in [6.45, 7) is 0.504. The van der Waals surface area contributed by atoms with Gasteiger partial charge in [0, 0.05) is 7.11 Å². The summed E-state index contributed by atoms with van der Waals surface area (Å²) in [5.41, 5.74) is 1.09. The van der Waals surface area contributed by atoms with Crippen LogP contribution in [0.15, 0.2) is 35.3 Å². The Labute approximate surface area is 104 Å². The van der Waals surface area contributed by atoms with E-state index in [9.17, 15) is 4.79 Å². The highest BCUT2D eigenvalue weighted by atomic mass is 32.2. The summed E-state index contributed by atoms with van der Waals surface area (Å²) in [5, 5.41) is 3.41. The van der Waals surface area contributed by atoms with E-state index >= 15 is 0 Å². The van der Waals surface area contributed by atoms with E-state index < -0.39 is 0 Å². The number of thioether (sulfide) groups is 1. The molecule has 17 heavy (non-hydrogen) atoms. The first-order valence-electron chi connectivity index (χ1n) is 5.34. The van der Waals surface area contributed by atoms with Gasteiger partial charge in [-0.2, -0.15) is 0 Å². The van der Waals surface area contributed by atoms with Crippen molar-refractivity contribution in [2.45, 2.75) is 6.04 Å². The van der Waals surface area contributed by atoms with Crippen molar-refractivity contribution in [3.05, 3.63) is 35.9 Å². The zero-order valence-corrected chi connectivity index (χ0v) is 10.4. The Kier molecular flexibility index (Phi) is 4.17. The Hall–Kier alpha value is -1.33. The van der Waals surface area contributed by atoms with Crippen LogP contribution >= 0.6 is 11.8 Å². The van der Waals surface area contributed by atoms with Crippen molar-refractivity contribution in [2.75, 3.05) is 19.5 Å². The van der Waals surface area contributed by atoms with Gasteiger partial charge in [0.1, 0.15) is 6.04 Å². The quantitative estimate of drug-likeness (QED) is 0.883. The third kappa shape index (κ3) is 3.31. The Morgan fingerprint density at radius 2 is 2.24 bits per heavy atom. The first-order valence-corrected chi connectivity index (χ1v) is 6.32. The predicted octanol–water partition coefficient (Wildman–Crippen LogP) is 1.59. The lowest BCUT2D eigenvalue weighted by Crippen LogP contribution is -2.21. The molecule has 1 atom stereocenters. The molecular weight excluding hydrogens is 236 g/mol. The van der Waals surface area contributed by atoms with E-state index in [1.54, 1.807) is 7.11 Å². The number of hydrogen-bond donors (Lipinski definition) is 1. The van der Waals surface area contributed by atoms with Gasteiger partial charge in [-0.1, -0.05) is 42.1 Å². The average molecular weight is 250 g/mol. The smallest absolute Gasteiger partial charge is 0.236 e. The second-order valence-corrected chi connectivity index (χ2v) is 4.62. The lowest BCUT2D eigenvalue weighted by Gasteiger charge is -2.12. The summed E-state index contributed by atoms with van der Waals surface area (Å²) < 4.78 is 5.17. The standard InChI is InChI=1S/C12H14N2O2S/c1-16-7-10(9-5-3-2-4-6-9)13-12-14-11(15)8-17-12/h2-6,10H,7-8H2,1H3,(H,13,14,15)/t10-/m0/s1. The summed E-state index contributed by atoms with van der Waals surface area (Å²) in [7, 11) is 1.65. The first-order chi connectivity index (χ1) is 8.29. The molecule has 1 N–H and O–H groups in total. The molecule has 1 aromatic rings. The van der Waals surface area contributed by atoms with Crippen molar-refractivity contribution in [3.63, 3.8) is 0 Å². The predicted molar refractivity (Wildman–Crippen MR) is 69.1 cm³/mol. The fourth-order valence-corrected chi connectivity index (χ4v) is 2.31. The van der Waals surface area contributed by atoms with Gasteiger partial charge in [-0.3, -0.25) is 9.79 Å². The van der Waals surface area contributed by atoms with Gasteiger partial charge in [0.2, 0.25) is 5.91 Å². The molecule has 1 aromatic carbocycles. The molecule has 0 bridgehead atoms. The van der Waals surface area contributed by atoms with Crippen LogP contribution in [-0.4, -0.2) is 30.5 Å². The molecular formula is C12H14N2O2S. The number of ether oxygens (including phenoxy) is 1. The number of amides is 1. The number of methoxy groups -OCH3 is 1. The minimum absolute atomic E-state index is 0.0120. The van der Waals surface area contributed by atoms with Gasteiger partial charge >= 0.3 is 0 Å². The van der Waals surface area contributed by atoms with E-state index in [2.05, 4.69) is 10.3 Å². The summed E-state index contributed by atoms with van der Waals surface area (Å²) in [6.07, 6.45) is 0. The van der Waals surface area contributed by atoms with Gasteiger partial charge in [-0.25, -0.2) is 0 Å². The molecule has 1 heterocycles. The Bertz CT molecular complexity index is 420. The molecule has 0 unspecified atom stereocenters. The van der Waals surface area contributed by atoms with Crippen LogP contribution in [0.4, 0.5) is 0 Å². The number of amidine groups is 1.